The molecule has 0 bridgehead atoms. The van der Waals surface area contributed by atoms with Crippen LogP contribution in [0.15, 0.2) is 12.4 Å². The van der Waals surface area contributed by atoms with Crippen LogP contribution in [-0.4, -0.2) is 35.6 Å². The van der Waals surface area contributed by atoms with Crippen LogP contribution < -0.4 is 10.2 Å². The molecule has 1 aliphatic heterocycles. The Kier molecular flexibility index (Phi) is 2.84. The van der Waals surface area contributed by atoms with Gasteiger partial charge in [-0.1, -0.05) is 11.6 Å². The van der Waals surface area contributed by atoms with Crippen LogP contribution in [0.25, 0.3) is 0 Å². The number of piperazine rings is 1. The lowest BCUT2D eigenvalue weighted by Gasteiger charge is -2.32. The number of nitrogens with zero attached hydrogens (tertiary/aromatic N) is 3. The van der Waals surface area contributed by atoms with Crippen molar-refractivity contribution in [3.63, 3.8) is 0 Å². The van der Waals surface area contributed by atoms with E-state index in [1.54, 1.807) is 12.4 Å². The fraction of sp³-hybridized carbons (Fsp3) is 0.556. The maximum Gasteiger partial charge on any atom is 0.149 e. The van der Waals surface area contributed by atoms with E-state index in [9.17, 15) is 0 Å². The van der Waals surface area contributed by atoms with Gasteiger partial charge in [0, 0.05) is 25.7 Å². The Morgan fingerprint density at radius 1 is 1.57 bits per heavy atom. The topological polar surface area (TPSA) is 41.1 Å². The largest absolute Gasteiger partial charge is 0.352 e. The Bertz CT molecular complexity index is 317. The van der Waals surface area contributed by atoms with Gasteiger partial charge in [0.25, 0.3) is 0 Å². The zero-order valence-corrected chi connectivity index (χ0v) is 8.83. The summed E-state index contributed by atoms with van der Waals surface area (Å²) >= 11 is 5.78. The van der Waals surface area contributed by atoms with Gasteiger partial charge in [0.05, 0.1) is 12.4 Å². The minimum atomic E-state index is 0.452. The summed E-state index contributed by atoms with van der Waals surface area (Å²) in [5, 5.41) is 3.83. The Hall–Kier alpha value is -0.870. The number of hydrogen-bond acceptors (Lipinski definition) is 4. The Balaban J connectivity index is 2.14. The molecule has 0 aliphatic carbocycles. The Morgan fingerprint density at radius 3 is 3.14 bits per heavy atom. The molecule has 1 aromatic rings. The highest BCUT2D eigenvalue weighted by atomic mass is 35.5. The molecule has 1 N–H and O–H groups in total. The molecule has 0 unspecified atom stereocenters. The van der Waals surface area contributed by atoms with Gasteiger partial charge in [0.2, 0.25) is 0 Å². The van der Waals surface area contributed by atoms with Crippen molar-refractivity contribution in [3.05, 3.63) is 17.5 Å². The van der Waals surface area contributed by atoms with Gasteiger partial charge in [-0.05, 0) is 6.92 Å². The molecular formula is C9H13ClN4. The van der Waals surface area contributed by atoms with Gasteiger partial charge in [-0.25, -0.2) is 4.98 Å². The van der Waals surface area contributed by atoms with Crippen LogP contribution in [0, 0.1) is 0 Å². The third kappa shape index (κ3) is 2.13. The normalized spacial score (nSPS) is 22.4. The number of aromatic nitrogens is 2. The van der Waals surface area contributed by atoms with Crippen molar-refractivity contribution >= 4 is 17.4 Å². The van der Waals surface area contributed by atoms with Crippen LogP contribution in [0.5, 0.6) is 0 Å². The first-order chi connectivity index (χ1) is 6.75. The molecule has 1 atom stereocenters. The highest BCUT2D eigenvalue weighted by Gasteiger charge is 2.16. The third-order valence-electron chi connectivity index (χ3n) is 2.29. The highest BCUT2D eigenvalue weighted by molar-refractivity contribution is 6.29. The second-order valence-corrected chi connectivity index (χ2v) is 3.89. The number of hydrogen-bond donors (Lipinski definition) is 1. The maximum absolute atomic E-state index is 5.78. The number of halogens is 1. The molecule has 0 radical (unpaired) electrons. The van der Waals surface area contributed by atoms with Gasteiger partial charge in [-0.3, -0.25) is 4.98 Å². The Morgan fingerprint density at radius 2 is 2.43 bits per heavy atom. The van der Waals surface area contributed by atoms with Crippen molar-refractivity contribution in [2.75, 3.05) is 24.5 Å². The lowest BCUT2D eigenvalue weighted by atomic mass is 10.2. The molecule has 0 aromatic carbocycles. The Labute approximate surface area is 88.3 Å². The number of rotatable bonds is 1. The van der Waals surface area contributed by atoms with Gasteiger partial charge in [0.1, 0.15) is 11.0 Å². The van der Waals surface area contributed by atoms with E-state index in [0.717, 1.165) is 25.5 Å². The predicted molar refractivity (Wildman–Crippen MR) is 56.7 cm³/mol. The first-order valence-electron chi connectivity index (χ1n) is 4.71. The van der Waals surface area contributed by atoms with Crippen LogP contribution >= 0.6 is 11.6 Å². The lowest BCUT2D eigenvalue weighted by Crippen LogP contribution is -2.49. The molecule has 4 nitrogen and oxygen atoms in total. The molecule has 1 saturated heterocycles. The minimum absolute atomic E-state index is 0.452. The lowest BCUT2D eigenvalue weighted by molar-refractivity contribution is 0.482. The van der Waals surface area contributed by atoms with Gasteiger partial charge in [-0.15, -0.1) is 0 Å². The van der Waals surface area contributed by atoms with E-state index < -0.39 is 0 Å². The molecule has 2 heterocycles. The number of nitrogens with one attached hydrogen (secondary N) is 1. The molecule has 5 heteroatoms. The molecule has 2 rings (SSSR count). The van der Waals surface area contributed by atoms with Crippen molar-refractivity contribution < 1.29 is 0 Å². The summed E-state index contributed by atoms with van der Waals surface area (Å²) in [6, 6.07) is 0.490. The van der Waals surface area contributed by atoms with E-state index in [2.05, 4.69) is 27.1 Å². The van der Waals surface area contributed by atoms with E-state index in [1.165, 1.54) is 0 Å². The molecule has 0 saturated carbocycles. The summed E-state index contributed by atoms with van der Waals surface area (Å²) in [5.74, 6) is 0.867. The van der Waals surface area contributed by atoms with Gasteiger partial charge in [-0.2, -0.15) is 0 Å². The summed E-state index contributed by atoms with van der Waals surface area (Å²) in [7, 11) is 0. The smallest absolute Gasteiger partial charge is 0.149 e. The van der Waals surface area contributed by atoms with Gasteiger partial charge in [0.15, 0.2) is 0 Å². The molecule has 14 heavy (non-hydrogen) atoms. The first kappa shape index (κ1) is 9.68. The molecule has 1 aliphatic rings. The summed E-state index contributed by atoms with van der Waals surface area (Å²) in [6.45, 7) is 5.05. The van der Waals surface area contributed by atoms with E-state index >= 15 is 0 Å². The fourth-order valence-corrected chi connectivity index (χ4v) is 1.77. The van der Waals surface area contributed by atoms with Crippen molar-refractivity contribution in [3.8, 4) is 0 Å². The van der Waals surface area contributed by atoms with Crippen LogP contribution in [0.2, 0.25) is 5.15 Å². The molecule has 0 spiro atoms. The summed E-state index contributed by atoms with van der Waals surface area (Å²) in [4.78, 5) is 10.5. The van der Waals surface area contributed by atoms with Crippen LogP contribution in [0.4, 0.5) is 5.82 Å². The minimum Gasteiger partial charge on any atom is -0.352 e. The summed E-state index contributed by atoms with van der Waals surface area (Å²) in [6.07, 6.45) is 3.31. The van der Waals surface area contributed by atoms with Crippen LogP contribution in [0.1, 0.15) is 6.92 Å². The van der Waals surface area contributed by atoms with Crippen molar-refractivity contribution in [1.29, 1.82) is 0 Å². The van der Waals surface area contributed by atoms with Gasteiger partial charge >= 0.3 is 0 Å². The average molecular weight is 213 g/mol. The molecular weight excluding hydrogens is 200 g/mol. The van der Waals surface area contributed by atoms with E-state index in [0.29, 0.717) is 11.2 Å². The predicted octanol–water partition coefficient (Wildman–Crippen LogP) is 0.928. The number of anilines is 1. The first-order valence-corrected chi connectivity index (χ1v) is 5.09. The van der Waals surface area contributed by atoms with Crippen LogP contribution in [-0.2, 0) is 0 Å². The van der Waals surface area contributed by atoms with E-state index in [4.69, 9.17) is 11.6 Å². The fourth-order valence-electron chi connectivity index (χ4n) is 1.63. The molecule has 0 amide bonds. The monoisotopic (exact) mass is 212 g/mol. The van der Waals surface area contributed by atoms with E-state index in [-0.39, 0.29) is 0 Å². The average Bonchev–Trinajstić information content (AvgIpc) is 2.18. The van der Waals surface area contributed by atoms with Crippen molar-refractivity contribution in [2.24, 2.45) is 0 Å². The van der Waals surface area contributed by atoms with Crippen molar-refractivity contribution in [1.82, 2.24) is 15.3 Å². The van der Waals surface area contributed by atoms with Crippen molar-refractivity contribution in [2.45, 2.75) is 13.0 Å². The zero-order valence-electron chi connectivity index (χ0n) is 8.07. The van der Waals surface area contributed by atoms with E-state index in [1.807, 2.05) is 0 Å². The summed E-state index contributed by atoms with van der Waals surface area (Å²) < 4.78 is 0. The molecule has 76 valence electrons. The molecule has 1 aromatic heterocycles. The standard InChI is InChI=1S/C9H13ClN4/c1-7-6-14(3-2-12-7)9-5-11-4-8(10)13-9/h4-5,7,12H,2-3,6H2,1H3/t7-/m0/s1. The summed E-state index contributed by atoms with van der Waals surface area (Å²) in [5.41, 5.74) is 0. The second-order valence-electron chi connectivity index (χ2n) is 3.50. The van der Waals surface area contributed by atoms with Crippen LogP contribution in [0.3, 0.4) is 0 Å². The second kappa shape index (κ2) is 4.11. The SMILES string of the molecule is C[C@H]1CN(c2cncc(Cl)n2)CCN1. The quantitative estimate of drug-likeness (QED) is 0.752. The third-order valence-corrected chi connectivity index (χ3v) is 2.47. The zero-order chi connectivity index (χ0) is 9.97. The molecule has 1 fully saturated rings. The highest BCUT2D eigenvalue weighted by Crippen LogP contribution is 2.13. The maximum atomic E-state index is 5.78. The van der Waals surface area contributed by atoms with Gasteiger partial charge < -0.3 is 10.2 Å².